The van der Waals surface area contributed by atoms with E-state index in [1.54, 1.807) is 22.7 Å². The summed E-state index contributed by atoms with van der Waals surface area (Å²) in [7, 11) is 0. The Morgan fingerprint density at radius 1 is 1.27 bits per heavy atom. The molecule has 3 rings (SSSR count). The summed E-state index contributed by atoms with van der Waals surface area (Å²) in [5.74, 6) is 0. The topological polar surface area (TPSA) is 37.8 Å². The maximum atomic E-state index is 5.94. The molecule has 0 saturated carbocycles. The maximum absolute atomic E-state index is 5.94. The van der Waals surface area contributed by atoms with Crippen LogP contribution >= 0.6 is 34.3 Å². The SMILES string of the molecule is Cc1nc(-c2ccc(Cl)cc2)sc1[C@H](C)NCc1cscn1. The molecule has 0 saturated heterocycles. The van der Waals surface area contributed by atoms with Crippen LogP contribution in [-0.4, -0.2) is 9.97 Å². The van der Waals surface area contributed by atoms with Gasteiger partial charge in [-0.1, -0.05) is 23.7 Å². The van der Waals surface area contributed by atoms with Gasteiger partial charge in [0.1, 0.15) is 5.01 Å². The van der Waals surface area contributed by atoms with Gasteiger partial charge in [-0.25, -0.2) is 9.97 Å². The maximum Gasteiger partial charge on any atom is 0.123 e. The Hall–Kier alpha value is -1.27. The van der Waals surface area contributed by atoms with Crippen LogP contribution in [0.5, 0.6) is 0 Å². The minimum absolute atomic E-state index is 0.250. The van der Waals surface area contributed by atoms with Crippen molar-refractivity contribution in [1.82, 2.24) is 15.3 Å². The zero-order chi connectivity index (χ0) is 15.5. The van der Waals surface area contributed by atoms with E-state index in [2.05, 4.69) is 29.5 Å². The summed E-state index contributed by atoms with van der Waals surface area (Å²) >= 11 is 9.29. The zero-order valence-electron chi connectivity index (χ0n) is 12.3. The molecule has 1 atom stereocenters. The third kappa shape index (κ3) is 3.55. The molecule has 114 valence electrons. The first kappa shape index (κ1) is 15.6. The van der Waals surface area contributed by atoms with Crippen molar-refractivity contribution < 1.29 is 0 Å². The average Bonchev–Trinajstić information content (AvgIpc) is 3.15. The molecule has 0 aliphatic rings. The van der Waals surface area contributed by atoms with E-state index in [9.17, 15) is 0 Å². The Bertz CT molecular complexity index is 735. The van der Waals surface area contributed by atoms with Gasteiger partial charge in [-0.15, -0.1) is 22.7 Å². The lowest BCUT2D eigenvalue weighted by molar-refractivity contribution is 0.574. The predicted molar refractivity (Wildman–Crippen MR) is 94.7 cm³/mol. The summed E-state index contributed by atoms with van der Waals surface area (Å²) in [5, 5.41) is 7.36. The molecule has 0 spiro atoms. The molecule has 3 aromatic rings. The molecular weight excluding hydrogens is 334 g/mol. The number of rotatable bonds is 5. The van der Waals surface area contributed by atoms with Crippen LogP contribution in [0.1, 0.15) is 29.2 Å². The third-order valence-corrected chi connectivity index (χ3v) is 5.67. The highest BCUT2D eigenvalue weighted by molar-refractivity contribution is 7.15. The second-order valence-electron chi connectivity index (χ2n) is 5.06. The molecule has 2 aromatic heterocycles. The van der Waals surface area contributed by atoms with E-state index < -0.39 is 0 Å². The number of hydrogen-bond donors (Lipinski definition) is 1. The zero-order valence-corrected chi connectivity index (χ0v) is 14.7. The average molecular weight is 350 g/mol. The fraction of sp³-hybridized carbons (Fsp3) is 0.250. The molecule has 0 amide bonds. The number of hydrogen-bond acceptors (Lipinski definition) is 5. The van der Waals surface area contributed by atoms with Gasteiger partial charge in [0, 0.05) is 33.4 Å². The van der Waals surface area contributed by atoms with Gasteiger partial charge in [-0.05, 0) is 26.0 Å². The second kappa shape index (κ2) is 6.87. The lowest BCUT2D eigenvalue weighted by Crippen LogP contribution is -2.18. The number of halogens is 1. The monoisotopic (exact) mass is 349 g/mol. The standard InChI is InChI=1S/C16H16ClN3S2/c1-10(18-7-14-8-21-9-19-14)15-11(2)20-16(22-15)12-3-5-13(17)6-4-12/h3-6,8-10,18H,7H2,1-2H3/t10-/m0/s1. The Morgan fingerprint density at radius 2 is 2.05 bits per heavy atom. The molecule has 1 N–H and O–H groups in total. The van der Waals surface area contributed by atoms with E-state index in [0.717, 1.165) is 33.5 Å². The number of aromatic nitrogens is 2. The summed E-state index contributed by atoms with van der Waals surface area (Å²) < 4.78 is 0. The van der Waals surface area contributed by atoms with Crippen LogP contribution in [0.2, 0.25) is 5.02 Å². The lowest BCUT2D eigenvalue weighted by Gasteiger charge is -2.11. The molecule has 0 aliphatic heterocycles. The molecule has 3 nitrogen and oxygen atoms in total. The second-order valence-corrected chi connectivity index (χ2v) is 7.24. The summed E-state index contributed by atoms with van der Waals surface area (Å²) in [6.07, 6.45) is 0. The minimum atomic E-state index is 0.250. The van der Waals surface area contributed by atoms with E-state index in [4.69, 9.17) is 16.6 Å². The normalized spacial score (nSPS) is 12.5. The van der Waals surface area contributed by atoms with Gasteiger partial charge < -0.3 is 5.32 Å². The highest BCUT2D eigenvalue weighted by atomic mass is 35.5. The number of aryl methyl sites for hydroxylation is 1. The fourth-order valence-corrected chi connectivity index (χ4v) is 3.98. The van der Waals surface area contributed by atoms with Gasteiger partial charge >= 0.3 is 0 Å². The number of benzene rings is 1. The van der Waals surface area contributed by atoms with Gasteiger partial charge in [0.15, 0.2) is 0 Å². The first-order valence-corrected chi connectivity index (χ1v) is 9.11. The number of nitrogens with one attached hydrogen (secondary N) is 1. The Balaban J connectivity index is 1.75. The molecular formula is C16H16ClN3S2. The van der Waals surface area contributed by atoms with Crippen LogP contribution in [0.15, 0.2) is 35.2 Å². The van der Waals surface area contributed by atoms with Gasteiger partial charge in [-0.2, -0.15) is 0 Å². The Kier molecular flexibility index (Phi) is 4.88. The summed E-state index contributed by atoms with van der Waals surface area (Å²) in [6.45, 7) is 5.00. The lowest BCUT2D eigenvalue weighted by atomic mass is 10.2. The van der Waals surface area contributed by atoms with E-state index >= 15 is 0 Å². The number of nitrogens with zero attached hydrogens (tertiary/aromatic N) is 2. The summed E-state index contributed by atoms with van der Waals surface area (Å²) in [5.41, 5.74) is 5.12. The molecule has 0 aliphatic carbocycles. The fourth-order valence-electron chi connectivity index (χ4n) is 2.20. The van der Waals surface area contributed by atoms with Crippen LogP contribution < -0.4 is 5.32 Å². The molecule has 0 radical (unpaired) electrons. The molecule has 0 fully saturated rings. The van der Waals surface area contributed by atoms with Crippen molar-refractivity contribution in [3.8, 4) is 10.6 Å². The van der Waals surface area contributed by atoms with Gasteiger partial charge in [0.05, 0.1) is 16.9 Å². The van der Waals surface area contributed by atoms with Gasteiger partial charge in [0.25, 0.3) is 0 Å². The van der Waals surface area contributed by atoms with E-state index in [1.807, 2.05) is 29.8 Å². The van der Waals surface area contributed by atoms with Crippen molar-refractivity contribution >= 4 is 34.3 Å². The molecule has 22 heavy (non-hydrogen) atoms. The van der Waals surface area contributed by atoms with Gasteiger partial charge in [-0.3, -0.25) is 0 Å². The first-order valence-electron chi connectivity index (χ1n) is 6.97. The van der Waals surface area contributed by atoms with Crippen molar-refractivity contribution in [3.63, 3.8) is 0 Å². The van der Waals surface area contributed by atoms with Crippen LogP contribution in [-0.2, 0) is 6.54 Å². The van der Waals surface area contributed by atoms with E-state index in [1.165, 1.54) is 4.88 Å². The minimum Gasteiger partial charge on any atom is -0.304 e. The quantitative estimate of drug-likeness (QED) is 0.698. The van der Waals surface area contributed by atoms with Crippen molar-refractivity contribution in [1.29, 1.82) is 0 Å². The van der Waals surface area contributed by atoms with Crippen LogP contribution in [0.4, 0.5) is 0 Å². The summed E-state index contributed by atoms with van der Waals surface area (Å²) in [4.78, 5) is 10.3. The van der Waals surface area contributed by atoms with Crippen LogP contribution in [0.25, 0.3) is 10.6 Å². The Morgan fingerprint density at radius 3 is 2.73 bits per heavy atom. The van der Waals surface area contributed by atoms with Crippen LogP contribution in [0.3, 0.4) is 0 Å². The van der Waals surface area contributed by atoms with Gasteiger partial charge in [0.2, 0.25) is 0 Å². The largest absolute Gasteiger partial charge is 0.304 e. The first-order chi connectivity index (χ1) is 10.6. The van der Waals surface area contributed by atoms with E-state index in [-0.39, 0.29) is 6.04 Å². The van der Waals surface area contributed by atoms with Crippen LogP contribution in [0, 0.1) is 6.92 Å². The third-order valence-electron chi connectivity index (χ3n) is 3.39. The van der Waals surface area contributed by atoms with Crippen molar-refractivity contribution in [2.75, 3.05) is 0 Å². The number of thiazole rings is 2. The highest BCUT2D eigenvalue weighted by Crippen LogP contribution is 2.32. The molecule has 0 bridgehead atoms. The molecule has 2 heterocycles. The predicted octanol–water partition coefficient (Wildman–Crippen LogP) is 5.08. The molecule has 1 aromatic carbocycles. The van der Waals surface area contributed by atoms with E-state index in [0.29, 0.717) is 0 Å². The molecule has 6 heteroatoms. The Labute approximate surface area is 143 Å². The highest BCUT2D eigenvalue weighted by Gasteiger charge is 2.15. The van der Waals surface area contributed by atoms with Crippen molar-refractivity contribution in [3.05, 3.63) is 56.4 Å². The molecule has 0 unspecified atom stereocenters. The van der Waals surface area contributed by atoms with Crippen molar-refractivity contribution in [2.24, 2.45) is 0 Å². The van der Waals surface area contributed by atoms with Crippen molar-refractivity contribution in [2.45, 2.75) is 26.4 Å². The summed E-state index contributed by atoms with van der Waals surface area (Å²) in [6, 6.07) is 8.07. The smallest absolute Gasteiger partial charge is 0.123 e.